The minimum Gasteiger partial charge on any atom is -0.384 e. The van der Waals surface area contributed by atoms with E-state index in [1.165, 1.54) is 25.7 Å². The van der Waals surface area contributed by atoms with Crippen molar-refractivity contribution >= 4 is 11.8 Å². The lowest BCUT2D eigenvalue weighted by Crippen LogP contribution is -2.55. The van der Waals surface area contributed by atoms with Crippen molar-refractivity contribution in [2.45, 2.75) is 70.3 Å². The van der Waals surface area contributed by atoms with Gasteiger partial charge >= 0.3 is 0 Å². The highest BCUT2D eigenvalue weighted by atomic mass is 16.5. The van der Waals surface area contributed by atoms with Crippen LogP contribution in [-0.4, -0.2) is 61.0 Å². The molecule has 0 aromatic carbocycles. The Balaban J connectivity index is 1.46. The number of carbonyl (C=O) groups is 2. The zero-order valence-electron chi connectivity index (χ0n) is 15.6. The third-order valence-corrected chi connectivity index (χ3v) is 7.36. The van der Waals surface area contributed by atoms with Crippen molar-refractivity contribution in [1.29, 1.82) is 0 Å². The number of piperidine rings is 1. The highest BCUT2D eigenvalue weighted by Gasteiger charge is 2.54. The summed E-state index contributed by atoms with van der Waals surface area (Å²) in [4.78, 5) is 30.6. The SMILES string of the molecule is COCC1(C(=O)N2CC[C@@]3(CCCN(C4CCCC4)C3=O)C2)CCC1. The van der Waals surface area contributed by atoms with Crippen molar-refractivity contribution in [3.63, 3.8) is 0 Å². The van der Waals surface area contributed by atoms with Gasteiger partial charge in [-0.2, -0.15) is 0 Å². The second-order valence-electron chi connectivity index (χ2n) is 8.86. The van der Waals surface area contributed by atoms with Gasteiger partial charge in [-0.1, -0.05) is 19.3 Å². The van der Waals surface area contributed by atoms with Crippen LogP contribution in [0.3, 0.4) is 0 Å². The lowest BCUT2D eigenvalue weighted by atomic mass is 9.68. The van der Waals surface area contributed by atoms with Gasteiger partial charge < -0.3 is 14.5 Å². The predicted molar refractivity (Wildman–Crippen MR) is 95.0 cm³/mol. The fraction of sp³-hybridized carbons (Fsp3) is 0.900. The fourth-order valence-electron chi connectivity index (χ4n) is 5.72. The van der Waals surface area contributed by atoms with Crippen molar-refractivity contribution in [2.75, 3.05) is 33.4 Å². The van der Waals surface area contributed by atoms with E-state index >= 15 is 0 Å². The molecule has 25 heavy (non-hydrogen) atoms. The van der Waals surface area contributed by atoms with Crippen LogP contribution in [0.4, 0.5) is 0 Å². The molecule has 4 rings (SSSR count). The number of hydrogen-bond donors (Lipinski definition) is 0. The van der Waals surface area contributed by atoms with Crippen LogP contribution in [0.25, 0.3) is 0 Å². The lowest BCUT2D eigenvalue weighted by molar-refractivity contribution is -0.154. The minimum atomic E-state index is -0.302. The molecule has 0 aromatic heterocycles. The predicted octanol–water partition coefficient (Wildman–Crippen LogP) is 2.59. The Labute approximate surface area is 151 Å². The summed E-state index contributed by atoms with van der Waals surface area (Å²) in [6.45, 7) is 2.83. The molecule has 0 unspecified atom stereocenters. The van der Waals surface area contributed by atoms with Crippen LogP contribution in [0.5, 0.6) is 0 Å². The first kappa shape index (κ1) is 17.3. The summed E-state index contributed by atoms with van der Waals surface area (Å²) in [5.74, 6) is 0.582. The Hall–Kier alpha value is -1.10. The van der Waals surface area contributed by atoms with Crippen LogP contribution >= 0.6 is 0 Å². The standard InChI is InChI=1S/C20H32N2O3/c1-25-15-20(8-4-9-20)17(23)21-13-11-19(14-21)10-5-12-22(18(19)24)16-6-2-3-7-16/h16H,2-15H2,1H3/t19-/m0/s1. The smallest absolute Gasteiger partial charge is 0.231 e. The van der Waals surface area contributed by atoms with E-state index in [1.54, 1.807) is 7.11 Å². The van der Waals surface area contributed by atoms with E-state index in [1.807, 2.05) is 4.90 Å². The third kappa shape index (κ3) is 2.79. The first-order valence-electron chi connectivity index (χ1n) is 10.2. The van der Waals surface area contributed by atoms with Gasteiger partial charge in [-0.05, 0) is 44.9 Å². The molecule has 0 N–H and O–H groups in total. The monoisotopic (exact) mass is 348 g/mol. The molecule has 4 aliphatic rings. The Bertz CT molecular complexity index is 539. The normalized spacial score (nSPS) is 32.4. The number of likely N-dealkylation sites (tertiary alicyclic amines) is 2. The largest absolute Gasteiger partial charge is 0.384 e. The molecule has 0 radical (unpaired) electrons. The van der Waals surface area contributed by atoms with Crippen LogP contribution in [0.2, 0.25) is 0 Å². The van der Waals surface area contributed by atoms with Gasteiger partial charge in [0.1, 0.15) is 0 Å². The lowest BCUT2D eigenvalue weighted by Gasteiger charge is -2.44. The summed E-state index contributed by atoms with van der Waals surface area (Å²) in [5.41, 5.74) is -0.600. The van der Waals surface area contributed by atoms with Crippen LogP contribution in [0.1, 0.15) is 64.2 Å². The molecule has 5 heteroatoms. The maximum absolute atomic E-state index is 13.3. The van der Waals surface area contributed by atoms with E-state index in [9.17, 15) is 9.59 Å². The Morgan fingerprint density at radius 2 is 1.84 bits per heavy atom. The zero-order chi connectivity index (χ0) is 17.5. The van der Waals surface area contributed by atoms with Crippen molar-refractivity contribution < 1.29 is 14.3 Å². The molecular formula is C20H32N2O3. The minimum absolute atomic E-state index is 0.239. The van der Waals surface area contributed by atoms with Gasteiger partial charge in [0.2, 0.25) is 11.8 Å². The van der Waals surface area contributed by atoms with Gasteiger partial charge in [0.05, 0.1) is 17.4 Å². The van der Waals surface area contributed by atoms with Crippen molar-refractivity contribution in [3.05, 3.63) is 0 Å². The number of amides is 2. The molecule has 2 saturated carbocycles. The summed E-state index contributed by atoms with van der Waals surface area (Å²) < 4.78 is 5.35. The van der Waals surface area contributed by atoms with Crippen LogP contribution in [0, 0.1) is 10.8 Å². The number of carbonyl (C=O) groups excluding carboxylic acids is 2. The Kier molecular flexibility index (Phi) is 4.55. The average molecular weight is 348 g/mol. The molecule has 2 saturated heterocycles. The molecule has 1 spiro atoms. The third-order valence-electron chi connectivity index (χ3n) is 7.36. The Morgan fingerprint density at radius 3 is 2.48 bits per heavy atom. The van der Waals surface area contributed by atoms with Gasteiger partial charge in [0.25, 0.3) is 0 Å². The highest BCUT2D eigenvalue weighted by Crippen LogP contribution is 2.47. The molecule has 5 nitrogen and oxygen atoms in total. The molecule has 2 aliphatic heterocycles. The molecule has 2 heterocycles. The van der Waals surface area contributed by atoms with Gasteiger partial charge in [-0.3, -0.25) is 9.59 Å². The van der Waals surface area contributed by atoms with E-state index in [0.717, 1.165) is 51.6 Å². The second-order valence-corrected chi connectivity index (χ2v) is 8.86. The van der Waals surface area contributed by atoms with Crippen LogP contribution in [0.15, 0.2) is 0 Å². The maximum Gasteiger partial charge on any atom is 0.231 e. The number of methoxy groups -OCH3 is 1. The topological polar surface area (TPSA) is 49.9 Å². The number of hydrogen-bond acceptors (Lipinski definition) is 3. The van der Waals surface area contributed by atoms with E-state index in [0.29, 0.717) is 25.1 Å². The molecule has 2 aliphatic carbocycles. The van der Waals surface area contributed by atoms with Crippen molar-refractivity contribution in [3.8, 4) is 0 Å². The number of ether oxygens (including phenoxy) is 1. The maximum atomic E-state index is 13.3. The first-order valence-corrected chi connectivity index (χ1v) is 10.2. The summed E-state index contributed by atoms with van der Waals surface area (Å²) in [6.07, 6.45) is 10.7. The molecule has 2 amide bonds. The Morgan fingerprint density at radius 1 is 1.08 bits per heavy atom. The van der Waals surface area contributed by atoms with Crippen LogP contribution in [-0.2, 0) is 14.3 Å². The van der Waals surface area contributed by atoms with E-state index in [2.05, 4.69) is 4.90 Å². The summed E-state index contributed by atoms with van der Waals surface area (Å²) >= 11 is 0. The molecule has 4 fully saturated rings. The van der Waals surface area contributed by atoms with E-state index < -0.39 is 0 Å². The summed E-state index contributed by atoms with van der Waals surface area (Å²) in [6, 6.07) is 0.459. The van der Waals surface area contributed by atoms with Gasteiger partial charge in [-0.15, -0.1) is 0 Å². The first-order chi connectivity index (χ1) is 12.1. The van der Waals surface area contributed by atoms with E-state index in [4.69, 9.17) is 4.74 Å². The molecule has 0 bridgehead atoms. The van der Waals surface area contributed by atoms with Crippen molar-refractivity contribution in [2.24, 2.45) is 10.8 Å². The second kappa shape index (κ2) is 6.57. The highest BCUT2D eigenvalue weighted by molar-refractivity contribution is 5.88. The quantitative estimate of drug-likeness (QED) is 0.785. The van der Waals surface area contributed by atoms with Gasteiger partial charge in [0, 0.05) is 32.8 Å². The number of rotatable bonds is 4. The van der Waals surface area contributed by atoms with Crippen molar-refractivity contribution in [1.82, 2.24) is 9.80 Å². The van der Waals surface area contributed by atoms with E-state index in [-0.39, 0.29) is 16.7 Å². The van der Waals surface area contributed by atoms with Crippen LogP contribution < -0.4 is 0 Å². The zero-order valence-corrected chi connectivity index (χ0v) is 15.6. The summed E-state index contributed by atoms with van der Waals surface area (Å²) in [7, 11) is 1.68. The molecular weight excluding hydrogens is 316 g/mol. The number of nitrogens with zero attached hydrogens (tertiary/aromatic N) is 2. The molecule has 1 atom stereocenters. The average Bonchev–Trinajstić information content (AvgIpc) is 3.24. The summed E-state index contributed by atoms with van der Waals surface area (Å²) in [5, 5.41) is 0. The molecule has 0 aromatic rings. The fourth-order valence-corrected chi connectivity index (χ4v) is 5.72. The molecule has 140 valence electrons. The van der Waals surface area contributed by atoms with Gasteiger partial charge in [0.15, 0.2) is 0 Å². The van der Waals surface area contributed by atoms with Gasteiger partial charge in [-0.25, -0.2) is 0 Å².